The molecule has 0 unspecified atom stereocenters. The van der Waals surface area contributed by atoms with Gasteiger partial charge < -0.3 is 14.4 Å². The van der Waals surface area contributed by atoms with Crippen LogP contribution in [0.4, 0.5) is 4.79 Å². The van der Waals surface area contributed by atoms with E-state index in [0.717, 1.165) is 16.2 Å². The minimum atomic E-state index is -0.390. The summed E-state index contributed by atoms with van der Waals surface area (Å²) in [4.78, 5) is 18.9. The van der Waals surface area contributed by atoms with E-state index in [1.54, 1.807) is 30.9 Å². The predicted octanol–water partition coefficient (Wildman–Crippen LogP) is 6.21. The van der Waals surface area contributed by atoms with E-state index >= 15 is 0 Å². The summed E-state index contributed by atoms with van der Waals surface area (Å²) in [7, 11) is 0. The summed E-state index contributed by atoms with van der Waals surface area (Å²) in [5, 5.41) is 21.1. The zero-order valence-electron chi connectivity index (χ0n) is 19.0. The van der Waals surface area contributed by atoms with Gasteiger partial charge >= 0.3 is 6.03 Å². The summed E-state index contributed by atoms with van der Waals surface area (Å²) >= 11 is 12.6. The van der Waals surface area contributed by atoms with Crippen LogP contribution in [0.15, 0.2) is 46.9 Å². The molecule has 0 saturated carbocycles. The molecule has 2 heterocycles. The second-order valence-electron chi connectivity index (χ2n) is 8.69. The fourth-order valence-electron chi connectivity index (χ4n) is 4.01. The second-order valence-corrected chi connectivity index (χ2v) is 9.53. The minimum absolute atomic E-state index is 0.0190. The van der Waals surface area contributed by atoms with Crippen molar-refractivity contribution in [2.75, 3.05) is 13.1 Å². The van der Waals surface area contributed by atoms with Gasteiger partial charge in [0, 0.05) is 35.2 Å². The van der Waals surface area contributed by atoms with Crippen molar-refractivity contribution in [3.8, 4) is 22.6 Å². The molecule has 1 aromatic heterocycles. The number of benzene rings is 2. The number of hydroxylamine groups is 2. The first kappa shape index (κ1) is 24.5. The molecule has 2 N–H and O–H groups in total. The third-order valence-corrected chi connectivity index (χ3v) is 6.58. The maximum absolute atomic E-state index is 12.4. The molecule has 180 valence electrons. The molecule has 1 aliphatic rings. The molecule has 1 saturated heterocycles. The van der Waals surface area contributed by atoms with Gasteiger partial charge in [0.2, 0.25) is 0 Å². The Bertz CT molecular complexity index is 1160. The number of aliphatic hydroxyl groups is 1. The Morgan fingerprint density at radius 3 is 2.44 bits per heavy atom. The number of oxazole rings is 1. The Balaban J connectivity index is 1.64. The normalized spacial score (nSPS) is 14.6. The highest BCUT2D eigenvalue weighted by molar-refractivity contribution is 6.36. The molecule has 7 nitrogen and oxygen atoms in total. The average Bonchev–Trinajstić information content (AvgIpc) is 3.28. The van der Waals surface area contributed by atoms with Crippen molar-refractivity contribution in [2.24, 2.45) is 0 Å². The number of hydrogen-bond acceptors (Lipinski definition) is 5. The summed E-state index contributed by atoms with van der Waals surface area (Å²) in [6.07, 6.45) is 1.32. The predicted molar refractivity (Wildman–Crippen MR) is 131 cm³/mol. The maximum atomic E-state index is 12.4. The number of aromatic nitrogens is 1. The van der Waals surface area contributed by atoms with E-state index in [4.69, 9.17) is 32.6 Å². The van der Waals surface area contributed by atoms with E-state index in [1.165, 1.54) is 0 Å². The van der Waals surface area contributed by atoms with Gasteiger partial charge in [0.25, 0.3) is 0 Å². The summed E-state index contributed by atoms with van der Waals surface area (Å²) < 4.78 is 6.30. The fourth-order valence-corrected chi connectivity index (χ4v) is 4.51. The van der Waals surface area contributed by atoms with Gasteiger partial charge in [0.1, 0.15) is 5.69 Å². The summed E-state index contributed by atoms with van der Waals surface area (Å²) in [6.45, 7) is 4.46. The average molecular weight is 504 g/mol. The maximum Gasteiger partial charge on any atom is 0.343 e. The van der Waals surface area contributed by atoms with Crippen LogP contribution in [0.25, 0.3) is 22.6 Å². The number of nitrogens with zero attached hydrogens (tertiary/aromatic N) is 3. The van der Waals surface area contributed by atoms with E-state index in [-0.39, 0.29) is 24.6 Å². The fraction of sp³-hybridized carbons (Fsp3) is 0.360. The lowest BCUT2D eigenvalue weighted by Gasteiger charge is -2.33. The Morgan fingerprint density at radius 1 is 1.18 bits per heavy atom. The molecule has 0 atom stereocenters. The minimum Gasteiger partial charge on any atom is -0.440 e. The molecule has 1 aliphatic heterocycles. The molecule has 9 heteroatoms. The number of likely N-dealkylation sites (tertiary alicyclic amines) is 1. The zero-order chi connectivity index (χ0) is 24.4. The van der Waals surface area contributed by atoms with Crippen LogP contribution in [-0.4, -0.2) is 50.4 Å². The van der Waals surface area contributed by atoms with E-state index in [2.05, 4.69) is 0 Å². The molecule has 4 rings (SSSR count). The third kappa shape index (κ3) is 5.08. The van der Waals surface area contributed by atoms with Crippen molar-refractivity contribution < 1.29 is 19.5 Å². The quantitative estimate of drug-likeness (QED) is 0.319. The largest absolute Gasteiger partial charge is 0.440 e. The van der Waals surface area contributed by atoms with E-state index < -0.39 is 0 Å². The molecule has 0 bridgehead atoms. The number of urea groups is 1. The van der Waals surface area contributed by atoms with Gasteiger partial charge in [-0.3, -0.25) is 5.21 Å². The first-order valence-corrected chi connectivity index (χ1v) is 12.0. The molecule has 34 heavy (non-hydrogen) atoms. The number of carbonyl (C=O) groups excluding carboxylic acids is 1. The van der Waals surface area contributed by atoms with Gasteiger partial charge in [0.05, 0.1) is 17.7 Å². The van der Waals surface area contributed by atoms with Crippen molar-refractivity contribution in [2.45, 2.75) is 45.3 Å². The highest BCUT2D eigenvalue weighted by Gasteiger charge is 2.31. The lowest BCUT2D eigenvalue weighted by Crippen LogP contribution is -2.47. The van der Waals surface area contributed by atoms with Crippen LogP contribution in [-0.2, 0) is 6.61 Å². The summed E-state index contributed by atoms with van der Waals surface area (Å²) in [5.41, 5.74) is 2.98. The smallest absolute Gasteiger partial charge is 0.343 e. The van der Waals surface area contributed by atoms with Crippen molar-refractivity contribution in [3.05, 3.63) is 64.0 Å². The molecule has 0 aliphatic carbocycles. The molecule has 0 spiro atoms. The number of amides is 2. The number of rotatable bonds is 5. The molecule has 2 amide bonds. The number of piperidine rings is 1. The zero-order valence-corrected chi connectivity index (χ0v) is 20.6. The molecule has 0 radical (unpaired) electrons. The second kappa shape index (κ2) is 10.4. The highest BCUT2D eigenvalue weighted by Crippen LogP contribution is 2.40. The Kier molecular flexibility index (Phi) is 7.48. The van der Waals surface area contributed by atoms with Crippen molar-refractivity contribution in [1.82, 2.24) is 14.9 Å². The van der Waals surface area contributed by atoms with Crippen LogP contribution in [0.1, 0.15) is 44.1 Å². The molecule has 1 fully saturated rings. The van der Waals surface area contributed by atoms with Gasteiger partial charge in [-0.05, 0) is 50.5 Å². The standard InChI is InChI=1S/C25H27Cl2N3O4/c1-15(2)30(33)25(32)29-11-9-18(10-12-29)24-28-22(17-5-3-16(14-31)4-6-17)23(34-24)20-8-7-19(26)13-21(20)27/h3-8,13,15,18,31,33H,9-12,14H2,1-2H3. The first-order valence-electron chi connectivity index (χ1n) is 11.2. The van der Waals surface area contributed by atoms with Gasteiger partial charge in [-0.2, -0.15) is 0 Å². The number of aliphatic hydroxyl groups excluding tert-OH is 1. The van der Waals surface area contributed by atoms with E-state index in [9.17, 15) is 15.1 Å². The molecule has 2 aromatic carbocycles. The summed E-state index contributed by atoms with van der Waals surface area (Å²) in [6, 6.07) is 12.0. The third-order valence-electron chi connectivity index (χ3n) is 6.03. The van der Waals surface area contributed by atoms with Gasteiger partial charge in [0.15, 0.2) is 11.7 Å². The van der Waals surface area contributed by atoms with E-state index in [1.807, 2.05) is 30.3 Å². The SMILES string of the molecule is CC(C)N(O)C(=O)N1CCC(c2nc(-c3ccc(CO)cc3)c(-c3ccc(Cl)cc3Cl)o2)CC1. The highest BCUT2D eigenvalue weighted by atomic mass is 35.5. The van der Waals surface area contributed by atoms with E-state index in [0.29, 0.717) is 58.9 Å². The van der Waals surface area contributed by atoms with Crippen molar-refractivity contribution in [3.63, 3.8) is 0 Å². The van der Waals surface area contributed by atoms with Crippen LogP contribution in [0, 0.1) is 0 Å². The summed E-state index contributed by atoms with van der Waals surface area (Å²) in [5.74, 6) is 1.15. The molecular formula is C25H27Cl2N3O4. The first-order chi connectivity index (χ1) is 16.3. The number of halogens is 2. The Morgan fingerprint density at radius 2 is 1.85 bits per heavy atom. The Labute approximate surface area is 208 Å². The van der Waals surface area contributed by atoms with Gasteiger partial charge in [-0.15, -0.1) is 0 Å². The van der Waals surface area contributed by atoms with Gasteiger partial charge in [-0.25, -0.2) is 14.8 Å². The lowest BCUT2D eigenvalue weighted by molar-refractivity contribution is -0.0815. The monoisotopic (exact) mass is 503 g/mol. The van der Waals surface area contributed by atoms with Crippen LogP contribution in [0.5, 0.6) is 0 Å². The van der Waals surface area contributed by atoms with Crippen LogP contribution in [0.2, 0.25) is 10.0 Å². The van der Waals surface area contributed by atoms with Crippen LogP contribution in [0.3, 0.4) is 0 Å². The van der Waals surface area contributed by atoms with Crippen molar-refractivity contribution in [1.29, 1.82) is 0 Å². The molecule has 3 aromatic rings. The Hall–Kier alpha value is -2.58. The van der Waals surface area contributed by atoms with Crippen LogP contribution >= 0.6 is 23.2 Å². The number of carbonyl (C=O) groups is 1. The lowest BCUT2D eigenvalue weighted by atomic mass is 9.97. The molecular weight excluding hydrogens is 477 g/mol. The van der Waals surface area contributed by atoms with Crippen LogP contribution < -0.4 is 0 Å². The number of hydrogen-bond donors (Lipinski definition) is 2. The van der Waals surface area contributed by atoms with Gasteiger partial charge in [-0.1, -0.05) is 47.5 Å². The van der Waals surface area contributed by atoms with Crippen molar-refractivity contribution >= 4 is 29.2 Å². The topological polar surface area (TPSA) is 90.0 Å².